The fraction of sp³-hybridized carbons (Fsp3) is 1.00. The summed E-state index contributed by atoms with van der Waals surface area (Å²) in [5, 5.41) is 139. The van der Waals surface area contributed by atoms with Crippen LogP contribution >= 0.6 is 0 Å². The Hall–Kier alpha value is -0.800. The van der Waals surface area contributed by atoms with E-state index in [4.69, 9.17) is 33.2 Å². The molecule has 8 rings (SSSR count). The van der Waals surface area contributed by atoms with Crippen LogP contribution in [0.25, 0.3) is 0 Å². The summed E-state index contributed by atoms with van der Waals surface area (Å²) in [6.07, 6.45) is -17.7. The molecule has 0 radical (unpaired) electrons. The molecule has 4 saturated heterocycles. The molecule has 20 nitrogen and oxygen atoms in total. The first-order valence-electron chi connectivity index (χ1n) is 23.9. The monoisotopic (exact) mass is 936 g/mol. The van der Waals surface area contributed by atoms with Crippen molar-refractivity contribution in [2.75, 3.05) is 26.4 Å². The average Bonchev–Trinajstić information content (AvgIpc) is 3.68. The zero-order valence-electron chi connectivity index (χ0n) is 37.9. The normalized spacial score (nSPS) is 56.1. The van der Waals surface area contributed by atoms with Crippen LogP contribution in [-0.4, -0.2) is 209 Å². The maximum absolute atomic E-state index is 12.4. The van der Waals surface area contributed by atoms with Gasteiger partial charge < -0.3 is 99.5 Å². The highest BCUT2D eigenvalue weighted by atomic mass is 16.7. The first kappa shape index (κ1) is 50.6. The van der Waals surface area contributed by atoms with Gasteiger partial charge in [-0.2, -0.15) is 0 Å². The summed E-state index contributed by atoms with van der Waals surface area (Å²) in [5.41, 5.74) is -1.85. The van der Waals surface area contributed by atoms with E-state index in [-0.39, 0.29) is 48.2 Å². The maximum atomic E-state index is 12.4. The Balaban J connectivity index is 1.04. The summed E-state index contributed by atoms with van der Waals surface area (Å²) in [7, 11) is 0. The first-order chi connectivity index (χ1) is 30.7. The minimum atomic E-state index is -1.84. The van der Waals surface area contributed by atoms with Gasteiger partial charge in [0, 0.05) is 30.1 Å². The number of hydrogen-bond acceptors (Lipinski definition) is 20. The molecule has 4 saturated carbocycles. The molecule has 4 aliphatic heterocycles. The molecule has 20 heteroatoms. The van der Waals surface area contributed by atoms with E-state index < -0.39 is 141 Å². The van der Waals surface area contributed by atoms with Gasteiger partial charge in [0.05, 0.1) is 44.2 Å². The molecule has 0 amide bonds. The van der Waals surface area contributed by atoms with Crippen LogP contribution in [0, 0.1) is 46.3 Å². The number of fused-ring (bicyclic) bond motifs is 7. The van der Waals surface area contributed by atoms with Gasteiger partial charge in [0.25, 0.3) is 0 Å². The molecule has 376 valence electrons. The number of aliphatic hydroxyl groups is 13. The molecular weight excluding hydrogens is 860 g/mol. The Bertz CT molecular complexity index is 1610. The van der Waals surface area contributed by atoms with Gasteiger partial charge in [-0.25, -0.2) is 0 Å². The van der Waals surface area contributed by atoms with Gasteiger partial charge in [0.1, 0.15) is 73.2 Å². The highest BCUT2D eigenvalue weighted by molar-refractivity contribution is 5.23. The summed E-state index contributed by atoms with van der Waals surface area (Å²) >= 11 is 0. The Morgan fingerprint density at radius 3 is 1.91 bits per heavy atom. The van der Waals surface area contributed by atoms with E-state index in [1.54, 1.807) is 0 Å². The van der Waals surface area contributed by atoms with E-state index in [2.05, 4.69) is 13.8 Å². The summed E-state index contributed by atoms with van der Waals surface area (Å²) in [6.45, 7) is 6.41. The van der Waals surface area contributed by atoms with Crippen molar-refractivity contribution in [1.82, 2.24) is 0 Å². The number of ether oxygens (including phenoxy) is 7. The smallest absolute Gasteiger partial charge is 0.187 e. The minimum absolute atomic E-state index is 0.0723. The molecule has 0 aromatic carbocycles. The van der Waals surface area contributed by atoms with E-state index in [9.17, 15) is 66.4 Å². The van der Waals surface area contributed by atoms with E-state index >= 15 is 0 Å². The van der Waals surface area contributed by atoms with Gasteiger partial charge in [-0.15, -0.1) is 0 Å². The molecule has 8 aliphatic rings. The van der Waals surface area contributed by atoms with Gasteiger partial charge in [0.15, 0.2) is 24.7 Å². The number of aliphatic hydroxyl groups excluding tert-OH is 12. The quantitative estimate of drug-likeness (QED) is 0.0896. The van der Waals surface area contributed by atoms with Crippen LogP contribution in [0.15, 0.2) is 0 Å². The van der Waals surface area contributed by atoms with Gasteiger partial charge in [0.2, 0.25) is 0 Å². The highest BCUT2D eigenvalue weighted by Gasteiger charge is 2.76. The van der Waals surface area contributed by atoms with E-state index in [1.807, 2.05) is 13.8 Å². The fourth-order valence-corrected chi connectivity index (χ4v) is 14.3. The lowest BCUT2D eigenvalue weighted by Crippen LogP contribution is -2.69. The predicted molar refractivity (Wildman–Crippen MR) is 220 cm³/mol. The van der Waals surface area contributed by atoms with Crippen LogP contribution in [0.1, 0.15) is 91.9 Å². The lowest BCUT2D eigenvalue weighted by Gasteiger charge is -2.65. The number of hydrogen-bond donors (Lipinski definition) is 13. The van der Waals surface area contributed by atoms with Gasteiger partial charge in [-0.3, -0.25) is 0 Å². The third kappa shape index (κ3) is 8.47. The second-order valence-corrected chi connectivity index (χ2v) is 21.6. The third-order valence-electron chi connectivity index (χ3n) is 18.1. The zero-order valence-corrected chi connectivity index (χ0v) is 37.9. The topological polar surface area (TPSA) is 328 Å². The second-order valence-electron chi connectivity index (χ2n) is 21.6. The molecule has 27 atom stereocenters. The molecule has 65 heavy (non-hydrogen) atoms. The van der Waals surface area contributed by atoms with Crippen molar-refractivity contribution in [3.63, 3.8) is 0 Å². The van der Waals surface area contributed by atoms with Crippen LogP contribution in [0.2, 0.25) is 0 Å². The SMILES string of the molecule is C[C@@H](CC[C@@]1(O)O[C@H]2CC3(O[C@@H]4O[C@H](CO)[C@@H](O)[C@H](O[C@@H]5O[C@H](CO)[C@@H](O)[C@H](O)[C@H]5O)[C@H]4O)[C@@H]4CC[C@@H]5C[C@@H](O)CC[C@]5(C)[C@H]4CC[C@]3(C)[C@H]2[C@@H]1C)CO[C@@H]1O[C@H](CO)[C@@H](O)[C@H](O)[C@H]1O. The second kappa shape index (κ2) is 19.1. The molecule has 0 aromatic heterocycles. The first-order valence-corrected chi connectivity index (χ1v) is 23.9. The summed E-state index contributed by atoms with van der Waals surface area (Å²) in [4.78, 5) is 0. The van der Waals surface area contributed by atoms with Gasteiger partial charge in [-0.05, 0) is 80.5 Å². The Kier molecular flexibility index (Phi) is 14.8. The Labute approximate surface area is 379 Å². The van der Waals surface area contributed by atoms with Crippen molar-refractivity contribution < 1.29 is 99.5 Å². The van der Waals surface area contributed by atoms with Crippen molar-refractivity contribution in [3.05, 3.63) is 0 Å². The zero-order chi connectivity index (χ0) is 47.1. The maximum Gasteiger partial charge on any atom is 0.187 e. The summed E-state index contributed by atoms with van der Waals surface area (Å²) in [6, 6.07) is 0. The van der Waals surface area contributed by atoms with E-state index in [1.165, 1.54) is 0 Å². The van der Waals surface area contributed by atoms with Gasteiger partial charge in [-0.1, -0.05) is 27.7 Å². The van der Waals surface area contributed by atoms with Crippen LogP contribution < -0.4 is 0 Å². The van der Waals surface area contributed by atoms with Crippen LogP contribution in [0.4, 0.5) is 0 Å². The molecule has 13 N–H and O–H groups in total. The predicted octanol–water partition coefficient (Wildman–Crippen LogP) is -2.66. The molecule has 1 unspecified atom stereocenters. The summed E-state index contributed by atoms with van der Waals surface area (Å²) in [5.74, 6) is -2.04. The third-order valence-corrected chi connectivity index (χ3v) is 18.1. The largest absolute Gasteiger partial charge is 0.394 e. The minimum Gasteiger partial charge on any atom is -0.394 e. The van der Waals surface area contributed by atoms with E-state index in [0.29, 0.717) is 38.0 Å². The molecule has 0 aromatic rings. The molecule has 4 heterocycles. The average molecular weight is 937 g/mol. The lowest BCUT2D eigenvalue weighted by molar-refractivity contribution is -0.386. The molecular formula is C45H76O20. The Morgan fingerprint density at radius 1 is 0.662 bits per heavy atom. The van der Waals surface area contributed by atoms with E-state index in [0.717, 1.165) is 25.7 Å². The molecule has 4 aliphatic carbocycles. The van der Waals surface area contributed by atoms with Crippen molar-refractivity contribution in [2.45, 2.75) is 208 Å². The van der Waals surface area contributed by atoms with Crippen LogP contribution in [0.3, 0.4) is 0 Å². The molecule has 0 bridgehead atoms. The van der Waals surface area contributed by atoms with Crippen molar-refractivity contribution in [2.24, 2.45) is 46.3 Å². The van der Waals surface area contributed by atoms with Crippen LogP contribution in [-0.2, 0) is 33.2 Å². The van der Waals surface area contributed by atoms with Crippen molar-refractivity contribution >= 4 is 0 Å². The fourth-order valence-electron chi connectivity index (χ4n) is 14.3. The van der Waals surface area contributed by atoms with Crippen LogP contribution in [0.5, 0.6) is 0 Å². The van der Waals surface area contributed by atoms with Crippen molar-refractivity contribution in [1.29, 1.82) is 0 Å². The highest BCUT2D eigenvalue weighted by Crippen LogP contribution is 2.74. The standard InChI is InChI=1S/C45H76O20/c1-19(18-59-39-35(55)33(53)30(50)26(15-46)60-39)7-12-45(58)20(2)29-25(64-45)14-44(24-6-5-21-13-22(49)8-10-42(21,3)23(24)9-11-43(29,44)4)65-41-37(57)38(32(52)28(17-48)62-41)63-40-36(56)34(54)31(51)27(16-47)61-40/h19-41,46-58H,5-18H2,1-4H3/t19-,20-,21+,22-,23-,24+,25-,26+,27+,28+,29-,30+,31+,32+,33-,34-,35+,36+,37+,38-,39+,40-,41-,42-,43+,44?,45+/m0/s1. The van der Waals surface area contributed by atoms with Crippen molar-refractivity contribution in [3.8, 4) is 0 Å². The Morgan fingerprint density at radius 2 is 1.26 bits per heavy atom. The molecule has 8 fully saturated rings. The lowest BCUT2D eigenvalue weighted by atomic mass is 9.43. The van der Waals surface area contributed by atoms with Gasteiger partial charge >= 0.3 is 0 Å². The molecule has 0 spiro atoms. The number of rotatable bonds is 13. The summed E-state index contributed by atoms with van der Waals surface area (Å²) < 4.78 is 43.2.